The summed E-state index contributed by atoms with van der Waals surface area (Å²) in [7, 11) is 7.24. The molecule has 1 saturated heterocycles. The summed E-state index contributed by atoms with van der Waals surface area (Å²) in [5.41, 5.74) is 3.36. The lowest BCUT2D eigenvalue weighted by atomic mass is 10.0. The fraction of sp³-hybridized carbons (Fsp3) is 0.455. The van der Waals surface area contributed by atoms with Gasteiger partial charge in [0.1, 0.15) is 11.4 Å². The lowest BCUT2D eigenvalue weighted by Gasteiger charge is -2.38. The zero-order valence-electron chi connectivity index (χ0n) is 26.7. The first-order valence-corrected chi connectivity index (χ1v) is 15.4. The van der Waals surface area contributed by atoms with Crippen molar-refractivity contribution >= 4 is 40.6 Å². The predicted molar refractivity (Wildman–Crippen MR) is 175 cm³/mol. The Morgan fingerprint density at radius 3 is 2.48 bits per heavy atom. The minimum absolute atomic E-state index is 0.0175. The van der Waals surface area contributed by atoms with Crippen molar-refractivity contribution in [3.63, 3.8) is 0 Å². The number of aromatic nitrogens is 2. The minimum Gasteiger partial charge on any atom is -0.495 e. The van der Waals surface area contributed by atoms with Crippen LogP contribution in [0.25, 0.3) is 0 Å². The maximum Gasteiger partial charge on any atom is 0.260 e. The molecule has 0 spiro atoms. The Hall–Kier alpha value is -4.22. The second-order valence-corrected chi connectivity index (χ2v) is 11.2. The first-order valence-electron chi connectivity index (χ1n) is 15.4. The molecule has 0 unspecified atom stereocenters. The average Bonchev–Trinajstić information content (AvgIpc) is 3.14. The van der Waals surface area contributed by atoms with Crippen molar-refractivity contribution in [2.45, 2.75) is 32.7 Å². The number of carbonyl (C=O) groups is 2. The molecule has 11 nitrogen and oxygen atoms in total. The molecule has 1 aromatic heterocycles. The largest absolute Gasteiger partial charge is 0.495 e. The number of hydrogen-bond acceptors (Lipinski definition) is 9. The zero-order chi connectivity index (χ0) is 31.4. The third-order valence-corrected chi connectivity index (χ3v) is 8.82. The van der Waals surface area contributed by atoms with Crippen LogP contribution in [-0.2, 0) is 0 Å². The highest BCUT2D eigenvalue weighted by molar-refractivity contribution is 6.13. The third kappa shape index (κ3) is 5.94. The van der Waals surface area contributed by atoms with Gasteiger partial charge in [0.15, 0.2) is 5.82 Å². The van der Waals surface area contributed by atoms with Crippen LogP contribution in [0.4, 0.5) is 28.8 Å². The van der Waals surface area contributed by atoms with Crippen LogP contribution in [0.5, 0.6) is 5.75 Å². The van der Waals surface area contributed by atoms with E-state index in [1.807, 2.05) is 78.2 Å². The molecule has 1 N–H and O–H groups in total. The summed E-state index contributed by atoms with van der Waals surface area (Å²) in [4.78, 5) is 46.3. The lowest BCUT2D eigenvalue weighted by molar-refractivity contribution is 0.0626. The van der Waals surface area contributed by atoms with Gasteiger partial charge in [-0.25, -0.2) is 4.98 Å². The predicted octanol–water partition coefficient (Wildman–Crippen LogP) is 4.15. The number of nitrogens with zero attached hydrogens (tertiary/aromatic N) is 7. The van der Waals surface area contributed by atoms with Gasteiger partial charge in [-0.15, -0.1) is 0 Å². The van der Waals surface area contributed by atoms with Crippen LogP contribution in [0.2, 0.25) is 0 Å². The van der Waals surface area contributed by atoms with Crippen molar-refractivity contribution < 1.29 is 14.3 Å². The molecular weight excluding hydrogens is 556 g/mol. The summed E-state index contributed by atoms with van der Waals surface area (Å²) in [5, 5.41) is 3.24. The SMILES string of the molecule is CCN(c1ncc2c(n1)N(C)c1ccccc1C(=O)N2C)c1ccc(C(=O)N2CCC(N(CC)CCNC)CC2)cc1OC. The van der Waals surface area contributed by atoms with E-state index in [1.165, 1.54) is 0 Å². The van der Waals surface area contributed by atoms with Gasteiger partial charge in [-0.3, -0.25) is 14.5 Å². The quantitative estimate of drug-likeness (QED) is 0.368. The molecule has 0 bridgehead atoms. The van der Waals surface area contributed by atoms with Gasteiger partial charge in [0.25, 0.3) is 11.8 Å². The molecular formula is C33H44N8O3. The monoisotopic (exact) mass is 600 g/mol. The first-order chi connectivity index (χ1) is 21.3. The van der Waals surface area contributed by atoms with Gasteiger partial charge in [0.2, 0.25) is 5.95 Å². The Bertz CT molecular complexity index is 1490. The van der Waals surface area contributed by atoms with Gasteiger partial charge >= 0.3 is 0 Å². The van der Waals surface area contributed by atoms with Crippen molar-refractivity contribution in [3.05, 3.63) is 59.8 Å². The van der Waals surface area contributed by atoms with E-state index in [-0.39, 0.29) is 11.8 Å². The van der Waals surface area contributed by atoms with E-state index in [4.69, 9.17) is 9.72 Å². The summed E-state index contributed by atoms with van der Waals surface area (Å²) in [6.07, 6.45) is 3.63. The summed E-state index contributed by atoms with van der Waals surface area (Å²) in [6, 6.07) is 13.6. The van der Waals surface area contributed by atoms with Gasteiger partial charge in [0, 0.05) is 58.4 Å². The standard InChI is InChI=1S/C33H44N8O3/c1-7-39(20-17-34-3)24-15-18-40(19-16-24)31(42)23-13-14-27(29(21-23)44-6)41(8-2)33-35-22-28-30(36-33)37(4)26-12-10-9-11-25(26)32(43)38(28)5/h9-14,21-22,24,34H,7-8,15-20H2,1-6H3. The van der Waals surface area contributed by atoms with Crippen molar-refractivity contribution in [2.24, 2.45) is 0 Å². The van der Waals surface area contributed by atoms with Gasteiger partial charge in [0.05, 0.1) is 30.2 Å². The zero-order valence-corrected chi connectivity index (χ0v) is 26.7. The van der Waals surface area contributed by atoms with Crippen LogP contribution in [0.1, 0.15) is 47.4 Å². The second-order valence-electron chi connectivity index (χ2n) is 11.2. The van der Waals surface area contributed by atoms with Gasteiger partial charge in [-0.1, -0.05) is 19.1 Å². The average molecular weight is 601 g/mol. The van der Waals surface area contributed by atoms with E-state index < -0.39 is 0 Å². The van der Waals surface area contributed by atoms with Crippen LogP contribution >= 0.6 is 0 Å². The number of piperidine rings is 1. The Balaban J connectivity index is 1.38. The van der Waals surface area contributed by atoms with Crippen LogP contribution in [-0.4, -0.2) is 105 Å². The van der Waals surface area contributed by atoms with E-state index in [2.05, 4.69) is 22.1 Å². The van der Waals surface area contributed by atoms with Crippen molar-refractivity contribution in [1.82, 2.24) is 25.1 Å². The molecule has 2 aliphatic heterocycles. The summed E-state index contributed by atoms with van der Waals surface area (Å²) in [6.45, 7) is 9.25. The van der Waals surface area contributed by atoms with Crippen molar-refractivity contribution in [2.75, 3.05) is 82.2 Å². The minimum atomic E-state index is -0.113. The van der Waals surface area contributed by atoms with Crippen LogP contribution in [0.3, 0.4) is 0 Å². The van der Waals surface area contributed by atoms with E-state index in [0.717, 1.165) is 56.9 Å². The summed E-state index contributed by atoms with van der Waals surface area (Å²) >= 11 is 0. The van der Waals surface area contributed by atoms with Crippen LogP contribution < -0.4 is 24.8 Å². The molecule has 5 rings (SSSR count). The highest BCUT2D eigenvalue weighted by atomic mass is 16.5. The molecule has 11 heteroatoms. The molecule has 0 radical (unpaired) electrons. The number of amides is 2. The summed E-state index contributed by atoms with van der Waals surface area (Å²) < 4.78 is 5.82. The normalized spacial score (nSPS) is 15.2. The van der Waals surface area contributed by atoms with Crippen molar-refractivity contribution in [1.29, 1.82) is 0 Å². The third-order valence-electron chi connectivity index (χ3n) is 8.82. The molecule has 2 aromatic carbocycles. The van der Waals surface area contributed by atoms with E-state index in [1.54, 1.807) is 25.3 Å². The highest BCUT2D eigenvalue weighted by Gasteiger charge is 2.31. The molecule has 3 aromatic rings. The van der Waals surface area contributed by atoms with Gasteiger partial charge < -0.3 is 29.7 Å². The van der Waals surface area contributed by atoms with E-state index in [0.29, 0.717) is 46.9 Å². The van der Waals surface area contributed by atoms with Gasteiger partial charge in [-0.2, -0.15) is 4.98 Å². The molecule has 0 atom stereocenters. The number of carbonyl (C=O) groups excluding carboxylic acids is 2. The Morgan fingerprint density at radius 2 is 1.80 bits per heavy atom. The topological polar surface area (TPSA) is 97.4 Å². The number of fused-ring (bicyclic) bond motifs is 2. The molecule has 0 saturated carbocycles. The second kappa shape index (κ2) is 13.6. The molecule has 1 fully saturated rings. The summed E-state index contributed by atoms with van der Waals surface area (Å²) in [5.74, 6) is 1.57. The Kier molecular flexibility index (Phi) is 9.65. The van der Waals surface area contributed by atoms with Crippen LogP contribution in [0.15, 0.2) is 48.7 Å². The number of benzene rings is 2. The number of likely N-dealkylation sites (N-methyl/N-ethyl adjacent to an activating group) is 2. The molecule has 234 valence electrons. The molecule has 2 aliphatic rings. The van der Waals surface area contributed by atoms with E-state index >= 15 is 0 Å². The van der Waals surface area contributed by atoms with E-state index in [9.17, 15) is 9.59 Å². The number of methoxy groups -OCH3 is 1. The molecule has 3 heterocycles. The number of ether oxygens (including phenoxy) is 1. The number of para-hydroxylation sites is 1. The fourth-order valence-electron chi connectivity index (χ4n) is 6.25. The molecule has 44 heavy (non-hydrogen) atoms. The Morgan fingerprint density at radius 1 is 1.05 bits per heavy atom. The first kappa shape index (κ1) is 31.2. The highest BCUT2D eigenvalue weighted by Crippen LogP contribution is 2.40. The molecule has 2 amide bonds. The number of hydrogen-bond donors (Lipinski definition) is 1. The van der Waals surface area contributed by atoms with Crippen molar-refractivity contribution in [3.8, 4) is 5.75 Å². The van der Waals surface area contributed by atoms with Crippen LogP contribution in [0, 0.1) is 0 Å². The number of anilines is 5. The number of rotatable bonds is 10. The van der Waals surface area contributed by atoms with Gasteiger partial charge in [-0.05, 0) is 63.7 Å². The maximum absolute atomic E-state index is 13.6. The fourth-order valence-corrected chi connectivity index (χ4v) is 6.25. The number of likely N-dealkylation sites (tertiary alicyclic amines) is 1. The Labute approximate surface area is 260 Å². The lowest BCUT2D eigenvalue weighted by Crippen LogP contribution is -2.48. The maximum atomic E-state index is 13.6. The number of nitrogens with one attached hydrogen (secondary N) is 1. The smallest absolute Gasteiger partial charge is 0.260 e. The molecule has 0 aliphatic carbocycles.